The van der Waals surface area contributed by atoms with E-state index >= 15 is 0 Å². The Balaban J connectivity index is 1.65. The van der Waals surface area contributed by atoms with Gasteiger partial charge in [-0.15, -0.1) is 0 Å². The van der Waals surface area contributed by atoms with Crippen LogP contribution in [0.2, 0.25) is 0 Å². The van der Waals surface area contributed by atoms with Crippen molar-refractivity contribution < 1.29 is 18.7 Å². The molecule has 0 saturated carbocycles. The number of benzene rings is 1. The fraction of sp³-hybridized carbons (Fsp3) is 0.286. The monoisotopic (exact) mass is 415 g/mol. The van der Waals surface area contributed by atoms with Crippen molar-refractivity contribution in [1.82, 2.24) is 4.90 Å². The highest BCUT2D eigenvalue weighted by Crippen LogP contribution is 2.33. The van der Waals surface area contributed by atoms with Crippen molar-refractivity contribution in [3.05, 3.63) is 52.6 Å². The summed E-state index contributed by atoms with van der Waals surface area (Å²) < 4.78 is 11.3. The van der Waals surface area contributed by atoms with Gasteiger partial charge in [-0.1, -0.05) is 53.8 Å². The molecule has 1 saturated heterocycles. The van der Waals surface area contributed by atoms with Crippen LogP contribution in [0.5, 0.6) is 0 Å². The molecule has 0 radical (unpaired) electrons. The number of aryl methyl sites for hydroxylation is 1. The molecule has 1 aliphatic heterocycles. The highest BCUT2D eigenvalue weighted by Gasteiger charge is 2.32. The normalized spacial score (nSPS) is 15.5. The zero-order valence-corrected chi connectivity index (χ0v) is 17.4. The van der Waals surface area contributed by atoms with Gasteiger partial charge in [-0.05, 0) is 32.4 Å². The molecule has 2 heterocycles. The molecule has 0 spiro atoms. The van der Waals surface area contributed by atoms with Crippen LogP contribution in [0.3, 0.4) is 0 Å². The molecule has 7 heteroatoms. The average molecular weight is 416 g/mol. The first-order valence-corrected chi connectivity index (χ1v) is 10.3. The zero-order valence-electron chi connectivity index (χ0n) is 15.8. The summed E-state index contributed by atoms with van der Waals surface area (Å²) in [5.74, 6) is 0.925. The van der Waals surface area contributed by atoms with Gasteiger partial charge in [0.15, 0.2) is 0 Å². The fourth-order valence-electron chi connectivity index (χ4n) is 2.74. The number of rotatable bonds is 7. The predicted octanol–water partition coefficient (Wildman–Crippen LogP) is 4.80. The number of hydrogen-bond donors (Lipinski definition) is 0. The van der Waals surface area contributed by atoms with Crippen molar-refractivity contribution in [3.63, 3.8) is 0 Å². The Hall–Kier alpha value is -2.38. The molecule has 1 aromatic heterocycles. The van der Waals surface area contributed by atoms with Crippen LogP contribution < -0.4 is 0 Å². The number of carbonyl (C=O) groups is 2. The molecule has 5 nitrogen and oxygen atoms in total. The van der Waals surface area contributed by atoms with Crippen LogP contribution >= 0.6 is 24.0 Å². The summed E-state index contributed by atoms with van der Waals surface area (Å²) in [5, 5.41) is 0. The summed E-state index contributed by atoms with van der Waals surface area (Å²) in [6.45, 7) is 4.56. The van der Waals surface area contributed by atoms with Gasteiger partial charge in [0.25, 0.3) is 5.91 Å². The third-order valence-corrected chi connectivity index (χ3v) is 5.56. The number of hydrogen-bond acceptors (Lipinski definition) is 6. The molecule has 0 aliphatic carbocycles. The van der Waals surface area contributed by atoms with Crippen molar-refractivity contribution in [3.8, 4) is 11.3 Å². The van der Waals surface area contributed by atoms with Crippen LogP contribution in [0.4, 0.5) is 0 Å². The molecule has 146 valence electrons. The molecule has 0 unspecified atom stereocenters. The minimum absolute atomic E-state index is 0.160. The van der Waals surface area contributed by atoms with Gasteiger partial charge in [-0.3, -0.25) is 14.5 Å². The SMILES string of the molecule is CCOC(=O)CCCN1C(=O)C(=Cc2ccc(-c3ccc(C)cc3)o2)SC1=S. The lowest BCUT2D eigenvalue weighted by Crippen LogP contribution is -2.29. The Labute approximate surface area is 173 Å². The van der Waals surface area contributed by atoms with Crippen LogP contribution in [0.15, 0.2) is 45.7 Å². The topological polar surface area (TPSA) is 59.8 Å². The molecule has 1 amide bonds. The lowest BCUT2D eigenvalue weighted by Gasteiger charge is -2.13. The summed E-state index contributed by atoms with van der Waals surface area (Å²) >= 11 is 6.56. The third-order valence-electron chi connectivity index (χ3n) is 4.18. The fourth-order valence-corrected chi connectivity index (χ4v) is 4.03. The van der Waals surface area contributed by atoms with Crippen molar-refractivity contribution in [2.24, 2.45) is 0 Å². The zero-order chi connectivity index (χ0) is 20.1. The maximum absolute atomic E-state index is 12.6. The van der Waals surface area contributed by atoms with Crippen molar-refractivity contribution in [2.75, 3.05) is 13.2 Å². The number of amides is 1. The first kappa shape index (κ1) is 20.4. The molecule has 0 atom stereocenters. The molecule has 1 fully saturated rings. The van der Waals surface area contributed by atoms with E-state index in [2.05, 4.69) is 0 Å². The Morgan fingerprint density at radius 2 is 2.00 bits per heavy atom. The average Bonchev–Trinajstić information content (AvgIpc) is 3.23. The van der Waals surface area contributed by atoms with Gasteiger partial charge in [0, 0.05) is 24.6 Å². The highest BCUT2D eigenvalue weighted by molar-refractivity contribution is 8.26. The van der Waals surface area contributed by atoms with Gasteiger partial charge >= 0.3 is 5.97 Å². The van der Waals surface area contributed by atoms with E-state index in [4.69, 9.17) is 21.4 Å². The van der Waals surface area contributed by atoms with Gasteiger partial charge in [-0.2, -0.15) is 0 Å². The second-order valence-electron chi connectivity index (χ2n) is 6.31. The van der Waals surface area contributed by atoms with Gasteiger partial charge < -0.3 is 9.15 Å². The Kier molecular flexibility index (Phi) is 6.70. The van der Waals surface area contributed by atoms with Gasteiger partial charge in [0.05, 0.1) is 11.5 Å². The molecule has 0 bridgehead atoms. The summed E-state index contributed by atoms with van der Waals surface area (Å²) in [5.41, 5.74) is 2.17. The van der Waals surface area contributed by atoms with Crippen molar-refractivity contribution in [1.29, 1.82) is 0 Å². The number of ether oxygens (including phenoxy) is 1. The summed E-state index contributed by atoms with van der Waals surface area (Å²) in [4.78, 5) is 26.1. The van der Waals surface area contributed by atoms with Gasteiger partial charge in [0.1, 0.15) is 15.8 Å². The molecule has 28 heavy (non-hydrogen) atoms. The largest absolute Gasteiger partial charge is 0.466 e. The number of furan rings is 1. The molecular weight excluding hydrogens is 394 g/mol. The molecule has 0 N–H and O–H groups in total. The summed E-state index contributed by atoms with van der Waals surface area (Å²) in [7, 11) is 0. The van der Waals surface area contributed by atoms with Gasteiger partial charge in [0.2, 0.25) is 0 Å². The molecular formula is C21H21NO4S2. The second-order valence-corrected chi connectivity index (χ2v) is 7.99. The standard InChI is InChI=1S/C21H21NO4S2/c1-3-25-19(23)5-4-12-22-20(24)18(28-21(22)27)13-16-10-11-17(26-16)15-8-6-14(2)7-9-15/h6-11,13H,3-5,12H2,1-2H3. The summed E-state index contributed by atoms with van der Waals surface area (Å²) in [6, 6.07) is 11.8. The highest BCUT2D eigenvalue weighted by atomic mass is 32.2. The minimum atomic E-state index is -0.261. The first-order chi connectivity index (χ1) is 13.5. The maximum Gasteiger partial charge on any atom is 0.305 e. The third kappa shape index (κ3) is 4.91. The van der Waals surface area contributed by atoms with E-state index in [-0.39, 0.29) is 18.3 Å². The van der Waals surface area contributed by atoms with E-state index in [0.717, 1.165) is 11.3 Å². The summed E-state index contributed by atoms with van der Waals surface area (Å²) in [6.07, 6.45) is 2.49. The van der Waals surface area contributed by atoms with E-state index in [0.29, 0.717) is 34.6 Å². The minimum Gasteiger partial charge on any atom is -0.466 e. The van der Waals surface area contributed by atoms with Crippen molar-refractivity contribution in [2.45, 2.75) is 26.7 Å². The first-order valence-electron chi connectivity index (χ1n) is 9.06. The smallest absolute Gasteiger partial charge is 0.305 e. The van der Waals surface area contributed by atoms with E-state index in [9.17, 15) is 9.59 Å². The maximum atomic E-state index is 12.6. The van der Waals surface area contributed by atoms with E-state index in [1.165, 1.54) is 22.2 Å². The van der Waals surface area contributed by atoms with Crippen LogP contribution in [0.25, 0.3) is 17.4 Å². The quantitative estimate of drug-likeness (QED) is 0.368. The van der Waals surface area contributed by atoms with E-state index in [1.807, 2.05) is 43.3 Å². The van der Waals surface area contributed by atoms with Crippen LogP contribution in [0, 0.1) is 6.92 Å². The number of thioether (sulfide) groups is 1. The molecule has 2 aromatic rings. The van der Waals surface area contributed by atoms with Crippen LogP contribution in [0.1, 0.15) is 31.1 Å². The molecule has 3 rings (SSSR count). The number of carbonyl (C=O) groups excluding carboxylic acids is 2. The van der Waals surface area contributed by atoms with E-state index in [1.54, 1.807) is 13.0 Å². The van der Waals surface area contributed by atoms with Gasteiger partial charge in [-0.25, -0.2) is 0 Å². The number of thiocarbonyl (C=S) groups is 1. The second kappa shape index (κ2) is 9.21. The molecule has 1 aromatic carbocycles. The Morgan fingerprint density at radius 1 is 1.25 bits per heavy atom. The molecule has 1 aliphatic rings. The predicted molar refractivity (Wildman–Crippen MR) is 115 cm³/mol. The van der Waals surface area contributed by atoms with Crippen molar-refractivity contribution >= 4 is 46.3 Å². The lowest BCUT2D eigenvalue weighted by atomic mass is 10.1. The number of esters is 1. The van der Waals surface area contributed by atoms with Crippen LogP contribution in [-0.4, -0.2) is 34.2 Å². The number of nitrogens with zero attached hydrogens (tertiary/aromatic N) is 1. The van der Waals surface area contributed by atoms with E-state index < -0.39 is 0 Å². The Bertz CT molecular complexity index is 915. The van der Waals surface area contributed by atoms with Crippen LogP contribution in [-0.2, 0) is 14.3 Å². The lowest BCUT2D eigenvalue weighted by molar-refractivity contribution is -0.143. The Morgan fingerprint density at radius 3 is 2.71 bits per heavy atom.